The van der Waals surface area contributed by atoms with Gasteiger partial charge in [0, 0.05) is 29.4 Å². The lowest BCUT2D eigenvalue weighted by Gasteiger charge is -2.42. The second-order valence-electron chi connectivity index (χ2n) is 6.08. The Kier molecular flexibility index (Phi) is 6.17. The zero-order chi connectivity index (χ0) is 15.4. The maximum atomic E-state index is 12.5. The van der Waals surface area contributed by atoms with Crippen molar-refractivity contribution < 1.29 is 13.8 Å². The summed E-state index contributed by atoms with van der Waals surface area (Å²) in [6.07, 6.45) is 2.32. The van der Waals surface area contributed by atoms with Gasteiger partial charge in [-0.3, -0.25) is 13.8 Å². The molecule has 0 aromatic heterocycles. The first-order chi connectivity index (χ1) is 9.25. The summed E-state index contributed by atoms with van der Waals surface area (Å²) in [5, 5.41) is 2.84. The van der Waals surface area contributed by atoms with Gasteiger partial charge < -0.3 is 10.2 Å². The minimum atomic E-state index is -0.868. The predicted molar refractivity (Wildman–Crippen MR) is 80.7 cm³/mol. The Bertz CT molecular complexity index is 396. The lowest BCUT2D eigenvalue weighted by atomic mass is 9.93. The highest BCUT2D eigenvalue weighted by Crippen LogP contribution is 2.20. The summed E-state index contributed by atoms with van der Waals surface area (Å²) >= 11 is 0. The molecule has 0 spiro atoms. The van der Waals surface area contributed by atoms with Crippen LogP contribution < -0.4 is 5.32 Å². The van der Waals surface area contributed by atoms with Crippen molar-refractivity contribution in [1.29, 1.82) is 0 Å². The van der Waals surface area contributed by atoms with Gasteiger partial charge in [0.15, 0.2) is 0 Å². The van der Waals surface area contributed by atoms with Crippen molar-refractivity contribution >= 4 is 22.6 Å². The zero-order valence-corrected chi connectivity index (χ0v) is 13.8. The van der Waals surface area contributed by atoms with Crippen LogP contribution in [-0.4, -0.2) is 51.6 Å². The fourth-order valence-electron chi connectivity index (χ4n) is 2.56. The number of nitrogens with zero attached hydrogens (tertiary/aromatic N) is 1. The Balaban J connectivity index is 2.87. The molecular formula is C14H26N2O3S. The van der Waals surface area contributed by atoms with Crippen molar-refractivity contribution in [2.45, 2.75) is 46.2 Å². The van der Waals surface area contributed by atoms with E-state index in [9.17, 15) is 13.8 Å². The van der Waals surface area contributed by atoms with Crippen LogP contribution in [-0.2, 0) is 20.4 Å². The van der Waals surface area contributed by atoms with E-state index >= 15 is 0 Å². The molecule has 1 saturated heterocycles. The number of hydrogen-bond acceptors (Lipinski definition) is 3. The summed E-state index contributed by atoms with van der Waals surface area (Å²) in [6, 6.07) is -0.854. The molecular weight excluding hydrogens is 276 g/mol. The molecule has 3 atom stereocenters. The first kappa shape index (κ1) is 17.1. The number of carbonyl (C=O) groups is 2. The van der Waals surface area contributed by atoms with Gasteiger partial charge >= 0.3 is 0 Å². The zero-order valence-electron chi connectivity index (χ0n) is 13.0. The third kappa shape index (κ3) is 4.04. The Morgan fingerprint density at radius 1 is 1.20 bits per heavy atom. The highest BCUT2D eigenvalue weighted by molar-refractivity contribution is 7.84. The summed E-state index contributed by atoms with van der Waals surface area (Å²) in [5.74, 6) is 0.611. The van der Waals surface area contributed by atoms with E-state index in [2.05, 4.69) is 5.32 Å². The van der Waals surface area contributed by atoms with Crippen LogP contribution in [0, 0.1) is 11.8 Å². The lowest BCUT2D eigenvalue weighted by Crippen LogP contribution is -2.66. The van der Waals surface area contributed by atoms with Crippen molar-refractivity contribution in [2.75, 3.05) is 18.6 Å². The monoisotopic (exact) mass is 302 g/mol. The molecule has 1 fully saturated rings. The normalized spacial score (nSPS) is 25.2. The summed E-state index contributed by atoms with van der Waals surface area (Å²) in [6.45, 7) is 8.24. The third-order valence-electron chi connectivity index (χ3n) is 3.58. The van der Waals surface area contributed by atoms with Crippen LogP contribution in [0.2, 0.25) is 0 Å². The standard InChI is InChI=1S/C14H26N2O3S/c1-9(2)11-14(18)16(7-6-8-20(5)19)12(10(3)4)13(17)15-11/h9-12H,6-8H2,1-5H3,(H,15,17). The van der Waals surface area contributed by atoms with Crippen molar-refractivity contribution in [2.24, 2.45) is 11.8 Å². The van der Waals surface area contributed by atoms with Gasteiger partial charge in [0.2, 0.25) is 11.8 Å². The average Bonchev–Trinajstić information content (AvgIpc) is 2.31. The summed E-state index contributed by atoms with van der Waals surface area (Å²) in [7, 11) is -0.868. The average molecular weight is 302 g/mol. The van der Waals surface area contributed by atoms with Gasteiger partial charge in [-0.1, -0.05) is 27.7 Å². The maximum absolute atomic E-state index is 12.5. The highest BCUT2D eigenvalue weighted by Gasteiger charge is 2.42. The molecule has 1 heterocycles. The molecule has 0 bridgehead atoms. The number of carbonyl (C=O) groups excluding carboxylic acids is 2. The number of rotatable bonds is 6. The molecule has 1 rings (SSSR count). The van der Waals surface area contributed by atoms with Crippen molar-refractivity contribution in [3.05, 3.63) is 0 Å². The van der Waals surface area contributed by atoms with E-state index in [1.807, 2.05) is 27.7 Å². The molecule has 116 valence electrons. The SMILES string of the molecule is CC(C)C1NC(=O)C(C(C)C)N(CCCS(C)=O)C1=O. The van der Waals surface area contributed by atoms with E-state index in [1.165, 1.54) is 0 Å². The molecule has 2 amide bonds. The number of piperazine rings is 1. The largest absolute Gasteiger partial charge is 0.342 e. The Hall–Kier alpha value is -0.910. The van der Waals surface area contributed by atoms with Gasteiger partial charge in [0.1, 0.15) is 12.1 Å². The van der Waals surface area contributed by atoms with Crippen LogP contribution in [0.1, 0.15) is 34.1 Å². The molecule has 5 nitrogen and oxygen atoms in total. The van der Waals surface area contributed by atoms with Crippen LogP contribution in [0.25, 0.3) is 0 Å². The second kappa shape index (κ2) is 7.20. The number of nitrogens with one attached hydrogen (secondary N) is 1. The third-order valence-corrected chi connectivity index (χ3v) is 4.44. The molecule has 0 aromatic rings. The van der Waals surface area contributed by atoms with Crippen LogP contribution in [0.4, 0.5) is 0 Å². The Labute approximate surface area is 123 Å². The van der Waals surface area contributed by atoms with Crippen LogP contribution in [0.15, 0.2) is 0 Å². The smallest absolute Gasteiger partial charge is 0.246 e. The summed E-state index contributed by atoms with van der Waals surface area (Å²) in [4.78, 5) is 26.5. The van der Waals surface area contributed by atoms with Crippen molar-refractivity contribution in [1.82, 2.24) is 10.2 Å². The van der Waals surface area contributed by atoms with E-state index in [0.29, 0.717) is 18.7 Å². The molecule has 1 aliphatic rings. The molecule has 20 heavy (non-hydrogen) atoms. The van der Waals surface area contributed by atoms with Gasteiger partial charge in [-0.05, 0) is 18.3 Å². The molecule has 0 radical (unpaired) electrons. The lowest BCUT2D eigenvalue weighted by molar-refractivity contribution is -0.152. The quantitative estimate of drug-likeness (QED) is 0.788. The molecule has 0 aromatic carbocycles. The minimum absolute atomic E-state index is 0.0137. The first-order valence-electron chi connectivity index (χ1n) is 7.16. The topological polar surface area (TPSA) is 66.5 Å². The Morgan fingerprint density at radius 3 is 2.25 bits per heavy atom. The van der Waals surface area contributed by atoms with Crippen molar-refractivity contribution in [3.8, 4) is 0 Å². The van der Waals surface area contributed by atoms with Gasteiger partial charge in [0.25, 0.3) is 0 Å². The van der Waals surface area contributed by atoms with Crippen LogP contribution in [0.5, 0.6) is 0 Å². The molecule has 0 saturated carbocycles. The summed E-state index contributed by atoms with van der Waals surface area (Å²) < 4.78 is 11.1. The maximum Gasteiger partial charge on any atom is 0.246 e. The second-order valence-corrected chi connectivity index (χ2v) is 7.64. The molecule has 3 unspecified atom stereocenters. The fraction of sp³-hybridized carbons (Fsp3) is 0.857. The van der Waals surface area contributed by atoms with Gasteiger partial charge in [-0.15, -0.1) is 0 Å². The number of hydrogen-bond donors (Lipinski definition) is 1. The van der Waals surface area contributed by atoms with Crippen molar-refractivity contribution in [3.63, 3.8) is 0 Å². The minimum Gasteiger partial charge on any atom is -0.342 e. The number of amides is 2. The first-order valence-corrected chi connectivity index (χ1v) is 8.89. The van der Waals surface area contributed by atoms with E-state index in [1.54, 1.807) is 11.2 Å². The van der Waals surface area contributed by atoms with Crippen LogP contribution in [0.3, 0.4) is 0 Å². The molecule has 1 aliphatic heterocycles. The van der Waals surface area contributed by atoms with E-state index in [0.717, 1.165) is 0 Å². The Morgan fingerprint density at radius 2 is 1.80 bits per heavy atom. The van der Waals surface area contributed by atoms with Gasteiger partial charge in [-0.25, -0.2) is 0 Å². The summed E-state index contributed by atoms with van der Waals surface area (Å²) in [5.41, 5.74) is 0. The fourth-order valence-corrected chi connectivity index (χ4v) is 3.10. The molecule has 6 heteroatoms. The van der Waals surface area contributed by atoms with Gasteiger partial charge in [0.05, 0.1) is 0 Å². The molecule has 0 aliphatic carbocycles. The van der Waals surface area contributed by atoms with E-state index in [4.69, 9.17) is 0 Å². The van der Waals surface area contributed by atoms with Crippen LogP contribution >= 0.6 is 0 Å². The molecule has 1 N–H and O–H groups in total. The highest BCUT2D eigenvalue weighted by atomic mass is 32.2. The van der Waals surface area contributed by atoms with E-state index in [-0.39, 0.29) is 23.7 Å². The predicted octanol–water partition coefficient (Wildman–Crippen LogP) is 0.763. The van der Waals surface area contributed by atoms with Gasteiger partial charge in [-0.2, -0.15) is 0 Å². The van der Waals surface area contributed by atoms with E-state index < -0.39 is 22.9 Å².